The molecule has 1 aromatic rings. The number of hydrogen-bond acceptors (Lipinski definition) is 4. The minimum absolute atomic E-state index is 0.281. The van der Waals surface area contributed by atoms with Crippen LogP contribution in [0.3, 0.4) is 0 Å². The molecule has 0 spiro atoms. The largest absolute Gasteiger partial charge is 0.228 e. The van der Waals surface area contributed by atoms with Gasteiger partial charge in [0.15, 0.2) is 5.16 Å². The number of aryl methyl sites for hydroxylation is 2. The van der Waals surface area contributed by atoms with Gasteiger partial charge in [-0.1, -0.05) is 32.5 Å². The molecule has 1 heterocycles. The molecule has 4 heteroatoms. The van der Waals surface area contributed by atoms with E-state index >= 15 is 0 Å². The molecular weight excluding hydrogens is 260 g/mol. The Kier molecular flexibility index (Phi) is 5.53. The molecule has 0 aliphatic heterocycles. The highest BCUT2D eigenvalue weighted by atomic mass is 32.2. The molecule has 1 atom stereocenters. The summed E-state index contributed by atoms with van der Waals surface area (Å²) < 4.78 is 0. The van der Waals surface area contributed by atoms with E-state index in [1.807, 2.05) is 13.8 Å². The Morgan fingerprint density at radius 1 is 1.11 bits per heavy atom. The minimum Gasteiger partial charge on any atom is -0.228 e. The standard InChI is InChI=1S/C14H24N2S2/c1-9-10(2)15-13(16-11(9)3)18-8-12(7-17)14(4,5)6/h12,17H,7-8H2,1-6H3. The van der Waals surface area contributed by atoms with Gasteiger partial charge in [0, 0.05) is 17.1 Å². The lowest BCUT2D eigenvalue weighted by Crippen LogP contribution is -2.24. The van der Waals surface area contributed by atoms with Gasteiger partial charge in [-0.2, -0.15) is 12.6 Å². The first-order valence-electron chi connectivity index (χ1n) is 6.31. The summed E-state index contributed by atoms with van der Waals surface area (Å²) in [6.45, 7) is 13.0. The predicted molar refractivity (Wildman–Crippen MR) is 83.8 cm³/mol. The molecule has 0 saturated heterocycles. The predicted octanol–water partition coefficient (Wildman–Crippen LogP) is 4.09. The van der Waals surface area contributed by atoms with Crippen LogP contribution in [0, 0.1) is 32.1 Å². The van der Waals surface area contributed by atoms with Crippen LogP contribution >= 0.6 is 24.4 Å². The fourth-order valence-corrected chi connectivity index (χ4v) is 3.78. The maximum absolute atomic E-state index is 4.55. The Hall–Kier alpha value is -0.220. The second kappa shape index (κ2) is 6.29. The first-order chi connectivity index (χ1) is 8.25. The van der Waals surface area contributed by atoms with Crippen LogP contribution in [-0.4, -0.2) is 21.5 Å². The molecule has 102 valence electrons. The van der Waals surface area contributed by atoms with Crippen LogP contribution < -0.4 is 0 Å². The summed E-state index contributed by atoms with van der Waals surface area (Å²) in [5.74, 6) is 2.49. The zero-order chi connectivity index (χ0) is 13.9. The first kappa shape index (κ1) is 15.8. The number of aromatic nitrogens is 2. The Morgan fingerprint density at radius 2 is 1.61 bits per heavy atom. The SMILES string of the molecule is Cc1nc(SCC(CS)C(C)(C)C)nc(C)c1C. The van der Waals surface area contributed by atoms with Gasteiger partial charge < -0.3 is 0 Å². The lowest BCUT2D eigenvalue weighted by molar-refractivity contribution is 0.294. The van der Waals surface area contributed by atoms with E-state index in [0.717, 1.165) is 28.0 Å². The third kappa shape index (κ3) is 4.16. The van der Waals surface area contributed by atoms with Crippen molar-refractivity contribution in [3.05, 3.63) is 17.0 Å². The average Bonchev–Trinajstić information content (AvgIpc) is 2.24. The molecular formula is C14H24N2S2. The van der Waals surface area contributed by atoms with Crippen LogP contribution in [0.4, 0.5) is 0 Å². The highest BCUT2D eigenvalue weighted by Crippen LogP contribution is 2.31. The van der Waals surface area contributed by atoms with E-state index in [4.69, 9.17) is 0 Å². The van der Waals surface area contributed by atoms with Crippen molar-refractivity contribution in [3.8, 4) is 0 Å². The maximum Gasteiger partial charge on any atom is 0.188 e. The lowest BCUT2D eigenvalue weighted by atomic mass is 9.83. The minimum atomic E-state index is 0.281. The van der Waals surface area contributed by atoms with E-state index in [9.17, 15) is 0 Å². The molecule has 0 amide bonds. The summed E-state index contributed by atoms with van der Waals surface area (Å²) in [6, 6.07) is 0. The summed E-state index contributed by atoms with van der Waals surface area (Å²) in [6.07, 6.45) is 0. The number of thiol groups is 1. The van der Waals surface area contributed by atoms with Crippen LogP contribution in [0.2, 0.25) is 0 Å². The summed E-state index contributed by atoms with van der Waals surface area (Å²) >= 11 is 6.20. The average molecular weight is 284 g/mol. The van der Waals surface area contributed by atoms with Gasteiger partial charge in [-0.15, -0.1) is 0 Å². The van der Waals surface area contributed by atoms with Crippen molar-refractivity contribution in [2.24, 2.45) is 11.3 Å². The van der Waals surface area contributed by atoms with Crippen molar-refractivity contribution < 1.29 is 0 Å². The molecule has 1 unspecified atom stereocenters. The maximum atomic E-state index is 4.55. The van der Waals surface area contributed by atoms with E-state index in [0.29, 0.717) is 5.92 Å². The topological polar surface area (TPSA) is 25.8 Å². The van der Waals surface area contributed by atoms with Crippen LogP contribution in [-0.2, 0) is 0 Å². The molecule has 0 bridgehead atoms. The van der Waals surface area contributed by atoms with Gasteiger partial charge in [0.2, 0.25) is 0 Å². The molecule has 0 aromatic carbocycles. The Labute approximate surface area is 121 Å². The Bertz CT molecular complexity index is 388. The van der Waals surface area contributed by atoms with Crippen molar-refractivity contribution in [2.75, 3.05) is 11.5 Å². The fourth-order valence-electron chi connectivity index (χ4n) is 1.56. The van der Waals surface area contributed by atoms with Crippen LogP contribution in [0.1, 0.15) is 37.7 Å². The van der Waals surface area contributed by atoms with Crippen molar-refractivity contribution >= 4 is 24.4 Å². The highest BCUT2D eigenvalue weighted by Gasteiger charge is 2.23. The van der Waals surface area contributed by atoms with E-state index < -0.39 is 0 Å². The van der Waals surface area contributed by atoms with Crippen molar-refractivity contribution in [3.63, 3.8) is 0 Å². The first-order valence-corrected chi connectivity index (χ1v) is 7.93. The molecule has 18 heavy (non-hydrogen) atoms. The van der Waals surface area contributed by atoms with Crippen LogP contribution in [0.5, 0.6) is 0 Å². The normalized spacial score (nSPS) is 13.7. The molecule has 1 aromatic heterocycles. The van der Waals surface area contributed by atoms with Gasteiger partial charge in [0.25, 0.3) is 0 Å². The molecule has 0 aliphatic rings. The summed E-state index contributed by atoms with van der Waals surface area (Å²) in [7, 11) is 0. The van der Waals surface area contributed by atoms with Crippen molar-refractivity contribution in [2.45, 2.75) is 46.7 Å². The summed E-state index contributed by atoms with van der Waals surface area (Å²) in [4.78, 5) is 9.10. The van der Waals surface area contributed by atoms with Crippen LogP contribution in [0.25, 0.3) is 0 Å². The summed E-state index contributed by atoms with van der Waals surface area (Å²) in [5.41, 5.74) is 3.65. The third-order valence-electron chi connectivity index (χ3n) is 3.47. The monoisotopic (exact) mass is 284 g/mol. The molecule has 1 rings (SSSR count). The van der Waals surface area contributed by atoms with Gasteiger partial charge in [-0.05, 0) is 43.4 Å². The van der Waals surface area contributed by atoms with E-state index in [-0.39, 0.29) is 5.41 Å². The number of thioether (sulfide) groups is 1. The lowest BCUT2D eigenvalue weighted by Gasteiger charge is -2.28. The zero-order valence-corrected chi connectivity index (χ0v) is 14.0. The van der Waals surface area contributed by atoms with Gasteiger partial charge in [0.1, 0.15) is 0 Å². The second-order valence-electron chi connectivity index (χ2n) is 5.86. The number of nitrogens with zero attached hydrogens (tertiary/aromatic N) is 2. The van der Waals surface area contributed by atoms with Gasteiger partial charge in [-0.25, -0.2) is 9.97 Å². The molecule has 0 fully saturated rings. The zero-order valence-electron chi connectivity index (χ0n) is 12.2. The Balaban J connectivity index is 2.75. The second-order valence-corrected chi connectivity index (χ2v) is 7.21. The highest BCUT2D eigenvalue weighted by molar-refractivity contribution is 7.99. The molecule has 0 aliphatic carbocycles. The van der Waals surface area contributed by atoms with Gasteiger partial charge in [-0.3, -0.25) is 0 Å². The quantitative estimate of drug-likeness (QED) is 0.512. The molecule has 2 nitrogen and oxygen atoms in total. The van der Waals surface area contributed by atoms with Gasteiger partial charge >= 0.3 is 0 Å². The van der Waals surface area contributed by atoms with E-state index in [2.05, 4.69) is 50.3 Å². The Morgan fingerprint density at radius 3 is 2.00 bits per heavy atom. The number of hydrogen-bond donors (Lipinski definition) is 1. The van der Waals surface area contributed by atoms with E-state index in [1.165, 1.54) is 5.56 Å². The molecule has 0 radical (unpaired) electrons. The van der Waals surface area contributed by atoms with Crippen molar-refractivity contribution in [1.29, 1.82) is 0 Å². The van der Waals surface area contributed by atoms with E-state index in [1.54, 1.807) is 11.8 Å². The van der Waals surface area contributed by atoms with Crippen molar-refractivity contribution in [1.82, 2.24) is 9.97 Å². The molecule has 0 saturated carbocycles. The van der Waals surface area contributed by atoms with Crippen LogP contribution in [0.15, 0.2) is 5.16 Å². The summed E-state index contributed by atoms with van der Waals surface area (Å²) in [5, 5.41) is 0.895. The third-order valence-corrected chi connectivity index (χ3v) is 4.92. The molecule has 0 N–H and O–H groups in total. The van der Waals surface area contributed by atoms with Gasteiger partial charge in [0.05, 0.1) is 0 Å². The number of rotatable bonds is 4. The fraction of sp³-hybridized carbons (Fsp3) is 0.714. The smallest absolute Gasteiger partial charge is 0.188 e.